The number of hydrogen-bond donors (Lipinski definition) is 1. The lowest BCUT2D eigenvalue weighted by molar-refractivity contribution is -0.118. The molecule has 1 aliphatic rings. The Kier molecular flexibility index (Phi) is 4.76. The van der Waals surface area contributed by atoms with Gasteiger partial charge < -0.3 is 15.2 Å². The van der Waals surface area contributed by atoms with Gasteiger partial charge in [-0.2, -0.15) is 0 Å². The number of likely N-dealkylation sites (tertiary alicyclic amines) is 1. The maximum atomic E-state index is 11.4. The highest BCUT2D eigenvalue weighted by atomic mass is 16.1. The number of nitrogens with two attached hydrogens (primary N) is 1. The molecule has 3 rings (SSSR count). The Labute approximate surface area is 137 Å². The summed E-state index contributed by atoms with van der Waals surface area (Å²) < 4.78 is 1.94. The molecule has 5 heteroatoms. The predicted octanol–water partition coefficient (Wildman–Crippen LogP) is 2.23. The zero-order chi connectivity index (χ0) is 16.2. The van der Waals surface area contributed by atoms with E-state index in [9.17, 15) is 4.79 Å². The van der Waals surface area contributed by atoms with Crippen LogP contribution in [0.1, 0.15) is 31.4 Å². The van der Waals surface area contributed by atoms with Crippen LogP contribution in [0.3, 0.4) is 0 Å². The fourth-order valence-electron chi connectivity index (χ4n) is 3.50. The first-order valence-electron chi connectivity index (χ1n) is 8.30. The van der Waals surface area contributed by atoms with Gasteiger partial charge >= 0.3 is 0 Å². The van der Waals surface area contributed by atoms with E-state index in [4.69, 9.17) is 5.73 Å². The molecule has 1 atom stereocenters. The normalized spacial score (nSPS) is 18.9. The van der Waals surface area contributed by atoms with Crippen molar-refractivity contribution in [3.05, 3.63) is 42.4 Å². The van der Waals surface area contributed by atoms with Crippen molar-refractivity contribution in [1.29, 1.82) is 0 Å². The number of piperidine rings is 1. The van der Waals surface area contributed by atoms with Crippen molar-refractivity contribution in [3.63, 3.8) is 0 Å². The van der Waals surface area contributed by atoms with Crippen molar-refractivity contribution in [2.45, 2.75) is 32.2 Å². The van der Waals surface area contributed by atoms with Gasteiger partial charge in [0, 0.05) is 18.0 Å². The molecule has 0 spiro atoms. The zero-order valence-corrected chi connectivity index (χ0v) is 13.6. The highest BCUT2D eigenvalue weighted by Crippen LogP contribution is 2.33. The molecule has 1 saturated heterocycles. The lowest BCUT2D eigenvalue weighted by atomic mass is 9.91. The molecule has 0 bridgehead atoms. The molecule has 0 radical (unpaired) electrons. The average molecular weight is 312 g/mol. The van der Waals surface area contributed by atoms with Gasteiger partial charge in [0.1, 0.15) is 6.54 Å². The molecule has 1 amide bonds. The number of likely N-dealkylation sites (N-methyl/N-ethyl adjacent to an activating group) is 1. The average Bonchev–Trinajstić information content (AvgIpc) is 2.98. The van der Waals surface area contributed by atoms with Crippen molar-refractivity contribution < 1.29 is 4.79 Å². The second-order valence-electron chi connectivity index (χ2n) is 6.17. The van der Waals surface area contributed by atoms with E-state index in [1.54, 1.807) is 6.33 Å². The van der Waals surface area contributed by atoms with Gasteiger partial charge in [0.2, 0.25) is 5.91 Å². The van der Waals surface area contributed by atoms with E-state index >= 15 is 0 Å². The van der Waals surface area contributed by atoms with Crippen molar-refractivity contribution in [1.82, 2.24) is 14.5 Å². The Balaban J connectivity index is 2.00. The lowest BCUT2D eigenvalue weighted by Crippen LogP contribution is -2.35. The second kappa shape index (κ2) is 6.96. The molecule has 2 heterocycles. The van der Waals surface area contributed by atoms with Crippen LogP contribution in [0.25, 0.3) is 11.3 Å². The predicted molar refractivity (Wildman–Crippen MR) is 90.9 cm³/mol. The molecule has 122 valence electrons. The Hall–Kier alpha value is -2.14. The Morgan fingerprint density at radius 2 is 2.13 bits per heavy atom. The molecular weight excluding hydrogens is 288 g/mol. The van der Waals surface area contributed by atoms with Gasteiger partial charge in [-0.3, -0.25) is 4.79 Å². The van der Waals surface area contributed by atoms with E-state index in [1.807, 2.05) is 22.8 Å². The van der Waals surface area contributed by atoms with E-state index in [0.29, 0.717) is 5.92 Å². The third kappa shape index (κ3) is 3.45. The van der Waals surface area contributed by atoms with Crippen LogP contribution in [-0.4, -0.2) is 40.0 Å². The SMILES string of the molecule is CCN1CCC[C@@H](c2c(-c3ccccc3)ncn2CC(N)=O)C1. The van der Waals surface area contributed by atoms with Gasteiger partial charge in [-0.1, -0.05) is 37.3 Å². The number of carbonyl (C=O) groups excluding carboxylic acids is 1. The first-order chi connectivity index (χ1) is 11.2. The van der Waals surface area contributed by atoms with Crippen LogP contribution in [0.2, 0.25) is 0 Å². The molecule has 5 nitrogen and oxygen atoms in total. The number of carbonyl (C=O) groups is 1. The second-order valence-corrected chi connectivity index (χ2v) is 6.17. The number of rotatable bonds is 5. The highest BCUT2D eigenvalue weighted by Gasteiger charge is 2.27. The number of amides is 1. The number of primary amides is 1. The summed E-state index contributed by atoms with van der Waals surface area (Å²) in [6.07, 6.45) is 4.06. The van der Waals surface area contributed by atoms with Crippen LogP contribution in [0.5, 0.6) is 0 Å². The summed E-state index contributed by atoms with van der Waals surface area (Å²) in [4.78, 5) is 18.5. The summed E-state index contributed by atoms with van der Waals surface area (Å²) in [7, 11) is 0. The van der Waals surface area contributed by atoms with Gasteiger partial charge in [0.25, 0.3) is 0 Å². The van der Waals surface area contributed by atoms with E-state index < -0.39 is 0 Å². The molecule has 2 N–H and O–H groups in total. The first-order valence-corrected chi connectivity index (χ1v) is 8.30. The third-order valence-corrected chi connectivity index (χ3v) is 4.59. The summed E-state index contributed by atoms with van der Waals surface area (Å²) in [6.45, 7) is 5.61. The van der Waals surface area contributed by atoms with Crippen LogP contribution in [-0.2, 0) is 11.3 Å². The number of benzene rings is 1. The van der Waals surface area contributed by atoms with Crippen molar-refractivity contribution in [2.24, 2.45) is 5.73 Å². The minimum atomic E-state index is -0.327. The van der Waals surface area contributed by atoms with Crippen LogP contribution < -0.4 is 5.73 Å². The quantitative estimate of drug-likeness (QED) is 0.921. The fraction of sp³-hybridized carbons (Fsp3) is 0.444. The summed E-state index contributed by atoms with van der Waals surface area (Å²) in [5.74, 6) is 0.0622. The van der Waals surface area contributed by atoms with Gasteiger partial charge in [-0.05, 0) is 25.9 Å². The molecule has 1 fully saturated rings. The molecule has 0 saturated carbocycles. The zero-order valence-electron chi connectivity index (χ0n) is 13.6. The molecule has 0 aliphatic carbocycles. The number of imidazole rings is 1. The molecule has 1 aliphatic heterocycles. The van der Waals surface area contributed by atoms with Crippen molar-refractivity contribution in [3.8, 4) is 11.3 Å². The van der Waals surface area contributed by atoms with Crippen LogP contribution in [0.15, 0.2) is 36.7 Å². The van der Waals surface area contributed by atoms with E-state index in [0.717, 1.165) is 43.0 Å². The smallest absolute Gasteiger partial charge is 0.237 e. The van der Waals surface area contributed by atoms with E-state index in [-0.39, 0.29) is 12.5 Å². The highest BCUT2D eigenvalue weighted by molar-refractivity contribution is 5.74. The lowest BCUT2D eigenvalue weighted by Gasteiger charge is -2.32. The summed E-state index contributed by atoms with van der Waals surface area (Å²) in [6, 6.07) is 10.2. The van der Waals surface area contributed by atoms with Gasteiger partial charge in [-0.25, -0.2) is 4.98 Å². The molecule has 0 unspecified atom stereocenters. The van der Waals surface area contributed by atoms with Gasteiger partial charge in [-0.15, -0.1) is 0 Å². The van der Waals surface area contributed by atoms with Crippen molar-refractivity contribution in [2.75, 3.05) is 19.6 Å². The molecule has 23 heavy (non-hydrogen) atoms. The van der Waals surface area contributed by atoms with Crippen LogP contribution in [0, 0.1) is 0 Å². The monoisotopic (exact) mass is 312 g/mol. The number of hydrogen-bond acceptors (Lipinski definition) is 3. The summed E-state index contributed by atoms with van der Waals surface area (Å²) in [5, 5.41) is 0. The molecule has 1 aromatic heterocycles. The first kappa shape index (κ1) is 15.7. The Morgan fingerprint density at radius 3 is 2.83 bits per heavy atom. The molecular formula is C18H24N4O. The number of nitrogens with zero attached hydrogens (tertiary/aromatic N) is 3. The van der Waals surface area contributed by atoms with Gasteiger partial charge in [0.15, 0.2) is 0 Å². The molecule has 1 aromatic carbocycles. The maximum absolute atomic E-state index is 11.4. The largest absolute Gasteiger partial charge is 0.368 e. The number of aromatic nitrogens is 2. The molecule has 2 aromatic rings. The van der Waals surface area contributed by atoms with E-state index in [1.165, 1.54) is 6.42 Å². The fourth-order valence-corrected chi connectivity index (χ4v) is 3.50. The maximum Gasteiger partial charge on any atom is 0.237 e. The van der Waals surface area contributed by atoms with Crippen LogP contribution in [0.4, 0.5) is 0 Å². The summed E-state index contributed by atoms with van der Waals surface area (Å²) >= 11 is 0. The minimum Gasteiger partial charge on any atom is -0.368 e. The third-order valence-electron chi connectivity index (χ3n) is 4.59. The minimum absolute atomic E-state index is 0.192. The summed E-state index contributed by atoms with van der Waals surface area (Å²) in [5.41, 5.74) is 8.65. The standard InChI is InChI=1S/C18H24N4O/c1-2-21-10-6-9-15(11-21)18-17(14-7-4-3-5-8-14)20-13-22(18)12-16(19)23/h3-5,7-8,13,15H,2,6,9-12H2,1H3,(H2,19,23)/t15-/m1/s1. The van der Waals surface area contributed by atoms with E-state index in [2.05, 4.69) is 28.9 Å². The topological polar surface area (TPSA) is 64.2 Å². The van der Waals surface area contributed by atoms with Gasteiger partial charge in [0.05, 0.1) is 17.7 Å². The van der Waals surface area contributed by atoms with Crippen molar-refractivity contribution >= 4 is 5.91 Å². The Morgan fingerprint density at radius 1 is 1.35 bits per heavy atom. The Bertz CT molecular complexity index is 665. The van der Waals surface area contributed by atoms with Crippen LogP contribution >= 0.6 is 0 Å².